The minimum Gasteiger partial charge on any atom is -0.550 e. The number of aliphatic carboxylic acids is 2. The molecule has 1 N–H and O–H groups in total. The van der Waals surface area contributed by atoms with Crippen LogP contribution in [0.15, 0.2) is 30.3 Å². The van der Waals surface area contributed by atoms with Crippen LogP contribution in [0.2, 0.25) is 0 Å². The minimum absolute atomic E-state index is 0.0432. The number of rotatable bonds is 10. The highest BCUT2D eigenvalue weighted by Crippen LogP contribution is 2.15. The first kappa shape index (κ1) is 17.2. The molecule has 21 heavy (non-hydrogen) atoms. The van der Waals surface area contributed by atoms with Crippen LogP contribution >= 0.6 is 0 Å². The van der Waals surface area contributed by atoms with E-state index in [0.717, 1.165) is 6.54 Å². The lowest BCUT2D eigenvalue weighted by molar-refractivity contribution is -0.923. The van der Waals surface area contributed by atoms with E-state index in [1.165, 1.54) is 5.56 Å². The van der Waals surface area contributed by atoms with E-state index in [4.69, 9.17) is 5.11 Å². The number of carboxylic acid groups (broad SMARTS) is 2. The Labute approximate surface area is 125 Å². The number of carbonyl (C=O) groups excluding carboxylic acids is 1. The molecule has 0 amide bonds. The van der Waals surface area contributed by atoms with Crippen LogP contribution in [-0.4, -0.2) is 41.7 Å². The third kappa shape index (κ3) is 7.46. The topological polar surface area (TPSA) is 77.4 Å². The summed E-state index contributed by atoms with van der Waals surface area (Å²) in [6, 6.07) is 9.96. The molecule has 5 heteroatoms. The third-order valence-electron chi connectivity index (χ3n) is 3.57. The Morgan fingerprint density at radius 1 is 1.10 bits per heavy atom. The lowest BCUT2D eigenvalue weighted by Crippen LogP contribution is -2.45. The van der Waals surface area contributed by atoms with Crippen molar-refractivity contribution >= 4 is 11.9 Å². The van der Waals surface area contributed by atoms with Crippen LogP contribution < -0.4 is 5.11 Å². The molecule has 5 nitrogen and oxygen atoms in total. The second-order valence-corrected chi connectivity index (χ2v) is 5.68. The molecular formula is C16H23NO4. The van der Waals surface area contributed by atoms with Crippen molar-refractivity contribution in [1.82, 2.24) is 0 Å². The average molecular weight is 293 g/mol. The molecule has 0 saturated carbocycles. The van der Waals surface area contributed by atoms with E-state index in [1.807, 2.05) is 37.4 Å². The van der Waals surface area contributed by atoms with E-state index >= 15 is 0 Å². The Morgan fingerprint density at radius 3 is 2.19 bits per heavy atom. The number of carboxylic acids is 2. The van der Waals surface area contributed by atoms with Gasteiger partial charge in [0.15, 0.2) is 0 Å². The SMILES string of the molecule is C[N+](CCCC(=O)[O-])(CCCC(=O)O)Cc1ccccc1. The first-order valence-electron chi connectivity index (χ1n) is 7.20. The Kier molecular flexibility index (Phi) is 6.88. The molecular weight excluding hydrogens is 270 g/mol. The van der Waals surface area contributed by atoms with Gasteiger partial charge in [-0.05, 0) is 6.42 Å². The zero-order valence-electron chi connectivity index (χ0n) is 12.5. The molecule has 0 saturated heterocycles. The van der Waals surface area contributed by atoms with Crippen LogP contribution in [0.1, 0.15) is 31.2 Å². The average Bonchev–Trinajstić information content (AvgIpc) is 2.38. The Morgan fingerprint density at radius 2 is 1.67 bits per heavy atom. The molecule has 116 valence electrons. The molecule has 0 aliphatic rings. The van der Waals surface area contributed by atoms with Gasteiger partial charge in [-0.1, -0.05) is 30.3 Å². The Balaban J connectivity index is 2.62. The molecule has 0 heterocycles. The molecule has 1 atom stereocenters. The predicted molar refractivity (Wildman–Crippen MR) is 77.2 cm³/mol. The number of carbonyl (C=O) groups is 2. The standard InChI is InChI=1S/C16H23NO4/c1-17(11-5-9-15(18)19,12-6-10-16(20)21)13-14-7-3-2-4-8-14/h2-4,7-8H,5-6,9-13H2,1H3,(H-,18,19,20,21). The van der Waals surface area contributed by atoms with Gasteiger partial charge in [0.25, 0.3) is 0 Å². The first-order chi connectivity index (χ1) is 9.91. The summed E-state index contributed by atoms with van der Waals surface area (Å²) in [5.74, 6) is -1.83. The van der Waals surface area contributed by atoms with Crippen LogP contribution in [0, 0.1) is 0 Å². The summed E-state index contributed by atoms with van der Waals surface area (Å²) in [4.78, 5) is 21.2. The number of hydrogen-bond donors (Lipinski definition) is 1. The third-order valence-corrected chi connectivity index (χ3v) is 3.57. The van der Waals surface area contributed by atoms with E-state index in [2.05, 4.69) is 0 Å². The van der Waals surface area contributed by atoms with Crippen molar-refractivity contribution in [3.8, 4) is 0 Å². The lowest BCUT2D eigenvalue weighted by atomic mass is 10.1. The van der Waals surface area contributed by atoms with Crippen LogP contribution in [0.25, 0.3) is 0 Å². The van der Waals surface area contributed by atoms with Gasteiger partial charge in [0.05, 0.1) is 26.6 Å². The molecule has 0 spiro atoms. The maximum atomic E-state index is 10.7. The molecule has 0 fully saturated rings. The fraction of sp³-hybridized carbons (Fsp3) is 0.500. The fourth-order valence-electron chi connectivity index (χ4n) is 2.51. The van der Waals surface area contributed by atoms with Gasteiger partial charge >= 0.3 is 5.97 Å². The number of quaternary nitrogens is 1. The zero-order valence-corrected chi connectivity index (χ0v) is 12.5. The highest BCUT2D eigenvalue weighted by atomic mass is 16.4. The fourth-order valence-corrected chi connectivity index (χ4v) is 2.51. The summed E-state index contributed by atoms with van der Waals surface area (Å²) < 4.78 is 0.643. The van der Waals surface area contributed by atoms with Gasteiger partial charge in [0.2, 0.25) is 0 Å². The smallest absolute Gasteiger partial charge is 0.303 e. The lowest BCUT2D eigenvalue weighted by Gasteiger charge is -2.35. The van der Waals surface area contributed by atoms with Gasteiger partial charge < -0.3 is 19.5 Å². The van der Waals surface area contributed by atoms with E-state index < -0.39 is 11.9 Å². The highest BCUT2D eigenvalue weighted by Gasteiger charge is 2.22. The van der Waals surface area contributed by atoms with Crippen LogP contribution in [0.5, 0.6) is 0 Å². The maximum absolute atomic E-state index is 10.7. The first-order valence-corrected chi connectivity index (χ1v) is 7.20. The summed E-state index contributed by atoms with van der Waals surface area (Å²) in [5, 5.41) is 19.3. The van der Waals surface area contributed by atoms with E-state index in [9.17, 15) is 14.7 Å². The van der Waals surface area contributed by atoms with Crippen molar-refractivity contribution in [3.05, 3.63) is 35.9 Å². The number of nitrogens with zero attached hydrogens (tertiary/aromatic N) is 1. The van der Waals surface area contributed by atoms with Crippen molar-refractivity contribution in [2.75, 3.05) is 20.1 Å². The normalized spacial score (nSPS) is 13.6. The van der Waals surface area contributed by atoms with Gasteiger partial charge in [-0.2, -0.15) is 0 Å². The maximum Gasteiger partial charge on any atom is 0.303 e. The van der Waals surface area contributed by atoms with Gasteiger partial charge in [-0.15, -0.1) is 0 Å². The quantitative estimate of drug-likeness (QED) is 0.654. The molecule has 1 unspecified atom stereocenters. The van der Waals surface area contributed by atoms with Crippen LogP contribution in [0.3, 0.4) is 0 Å². The van der Waals surface area contributed by atoms with Gasteiger partial charge in [0, 0.05) is 24.4 Å². The predicted octanol–water partition coefficient (Wildman–Crippen LogP) is 1.03. The van der Waals surface area contributed by atoms with Crippen molar-refractivity contribution in [2.24, 2.45) is 0 Å². The molecule has 0 aliphatic carbocycles. The monoisotopic (exact) mass is 293 g/mol. The second kappa shape index (κ2) is 8.42. The van der Waals surface area contributed by atoms with Gasteiger partial charge in [-0.3, -0.25) is 4.79 Å². The Bertz CT molecular complexity index is 439. The zero-order chi connectivity index (χ0) is 15.7. The van der Waals surface area contributed by atoms with E-state index in [1.54, 1.807) is 0 Å². The molecule has 1 aromatic carbocycles. The van der Waals surface area contributed by atoms with Crippen molar-refractivity contribution in [3.63, 3.8) is 0 Å². The van der Waals surface area contributed by atoms with Gasteiger partial charge in [0.1, 0.15) is 6.54 Å². The minimum atomic E-state index is -1.04. The summed E-state index contributed by atoms with van der Waals surface area (Å²) in [5.41, 5.74) is 1.17. The summed E-state index contributed by atoms with van der Waals surface area (Å²) in [6.07, 6.45) is 1.31. The van der Waals surface area contributed by atoms with E-state index in [0.29, 0.717) is 30.4 Å². The van der Waals surface area contributed by atoms with Crippen LogP contribution in [0.4, 0.5) is 0 Å². The molecule has 0 radical (unpaired) electrons. The molecule has 1 rings (SSSR count). The summed E-state index contributed by atoms with van der Waals surface area (Å²) in [7, 11) is 2.05. The molecule has 1 aromatic rings. The Hall–Kier alpha value is -1.88. The van der Waals surface area contributed by atoms with Crippen molar-refractivity contribution in [2.45, 2.75) is 32.2 Å². The van der Waals surface area contributed by atoms with E-state index in [-0.39, 0.29) is 12.8 Å². The highest BCUT2D eigenvalue weighted by molar-refractivity contribution is 5.66. The van der Waals surface area contributed by atoms with Crippen molar-refractivity contribution in [1.29, 1.82) is 0 Å². The molecule has 0 aliphatic heterocycles. The summed E-state index contributed by atoms with van der Waals surface area (Å²) >= 11 is 0. The van der Waals surface area contributed by atoms with Gasteiger partial charge in [-0.25, -0.2) is 0 Å². The number of hydrogen-bond acceptors (Lipinski definition) is 3. The molecule has 0 bridgehead atoms. The number of benzene rings is 1. The molecule has 0 aromatic heterocycles. The van der Waals surface area contributed by atoms with Crippen LogP contribution in [-0.2, 0) is 16.1 Å². The largest absolute Gasteiger partial charge is 0.550 e. The second-order valence-electron chi connectivity index (χ2n) is 5.68. The summed E-state index contributed by atoms with van der Waals surface area (Å²) in [6.45, 7) is 2.18. The van der Waals surface area contributed by atoms with Crippen molar-refractivity contribution < 1.29 is 24.3 Å².